The first-order valence-corrected chi connectivity index (χ1v) is 7.55. The van der Waals surface area contributed by atoms with Gasteiger partial charge in [-0.15, -0.1) is 0 Å². The maximum atomic E-state index is 12.2. The number of benzene rings is 2. The Hall–Kier alpha value is -2.60. The second-order valence-corrected chi connectivity index (χ2v) is 5.41. The lowest BCUT2D eigenvalue weighted by Crippen LogP contribution is -2.19. The van der Waals surface area contributed by atoms with Gasteiger partial charge < -0.3 is 9.84 Å². The third kappa shape index (κ3) is 4.69. The third-order valence-electron chi connectivity index (χ3n) is 2.85. The fourth-order valence-electron chi connectivity index (χ4n) is 1.77. The van der Waals surface area contributed by atoms with Crippen LogP contribution in [0, 0.1) is 0 Å². The van der Waals surface area contributed by atoms with E-state index in [-0.39, 0.29) is 5.75 Å². The van der Waals surface area contributed by atoms with Crippen LogP contribution >= 0.6 is 15.9 Å². The number of amides is 1. The molecule has 0 fully saturated rings. The molecule has 0 aromatic heterocycles. The molecule has 0 spiro atoms. The Morgan fingerprint density at radius 2 is 2.13 bits per heavy atom. The van der Waals surface area contributed by atoms with Crippen molar-refractivity contribution in [1.29, 1.82) is 0 Å². The first-order valence-electron chi connectivity index (χ1n) is 6.76. The van der Waals surface area contributed by atoms with E-state index in [0.29, 0.717) is 23.5 Å². The molecule has 5 nitrogen and oxygen atoms in total. The van der Waals surface area contributed by atoms with Crippen LogP contribution < -0.4 is 10.2 Å². The number of nitrogens with one attached hydrogen (secondary N) is 1. The number of halogens is 1. The zero-order chi connectivity index (χ0) is 16.7. The summed E-state index contributed by atoms with van der Waals surface area (Å²) in [5, 5.41) is 13.5. The van der Waals surface area contributed by atoms with E-state index in [4.69, 9.17) is 4.74 Å². The number of carbonyl (C=O) groups is 1. The molecule has 118 valence electrons. The molecule has 0 saturated carbocycles. The molecule has 0 bridgehead atoms. The molecule has 0 heterocycles. The lowest BCUT2D eigenvalue weighted by atomic mass is 10.2. The number of hydrogen-bond acceptors (Lipinski definition) is 4. The van der Waals surface area contributed by atoms with Crippen LogP contribution in [0.2, 0.25) is 0 Å². The molecule has 2 aromatic rings. The summed E-state index contributed by atoms with van der Waals surface area (Å²) in [5.41, 5.74) is 3.26. The highest BCUT2D eigenvalue weighted by atomic mass is 79.9. The molecule has 0 aliphatic rings. The maximum absolute atomic E-state index is 12.2. The molecule has 0 aliphatic heterocycles. The monoisotopic (exact) mass is 374 g/mol. The number of nitrogens with zero attached hydrogens (tertiary/aromatic N) is 1. The number of para-hydroxylation sites is 1. The third-order valence-corrected chi connectivity index (χ3v) is 3.34. The van der Waals surface area contributed by atoms with Gasteiger partial charge in [0, 0.05) is 10.0 Å². The average Bonchev–Trinajstić information content (AvgIpc) is 2.55. The van der Waals surface area contributed by atoms with Gasteiger partial charge in [-0.05, 0) is 30.3 Å². The summed E-state index contributed by atoms with van der Waals surface area (Å²) in [6.45, 7) is 3.87. The van der Waals surface area contributed by atoms with Crippen LogP contribution in [0.3, 0.4) is 0 Å². The van der Waals surface area contributed by atoms with Gasteiger partial charge in [0.2, 0.25) is 0 Å². The molecule has 0 atom stereocenters. The van der Waals surface area contributed by atoms with Gasteiger partial charge in [0.25, 0.3) is 5.91 Å². The fraction of sp³-hybridized carbons (Fsp3) is 0.0588. The number of hydrogen-bond donors (Lipinski definition) is 2. The molecule has 0 aliphatic carbocycles. The van der Waals surface area contributed by atoms with Crippen molar-refractivity contribution in [3.8, 4) is 11.5 Å². The summed E-state index contributed by atoms with van der Waals surface area (Å²) in [4.78, 5) is 12.2. The summed E-state index contributed by atoms with van der Waals surface area (Å²) >= 11 is 3.32. The van der Waals surface area contributed by atoms with Crippen LogP contribution in [0.5, 0.6) is 11.5 Å². The largest absolute Gasteiger partial charge is 0.507 e. The number of phenolic OH excluding ortho intramolecular Hbond substituents is 1. The highest BCUT2D eigenvalue weighted by Gasteiger charge is 2.12. The van der Waals surface area contributed by atoms with Crippen molar-refractivity contribution in [2.45, 2.75) is 0 Å². The minimum Gasteiger partial charge on any atom is -0.507 e. The van der Waals surface area contributed by atoms with Crippen LogP contribution in [0.1, 0.15) is 15.9 Å². The van der Waals surface area contributed by atoms with E-state index >= 15 is 0 Å². The van der Waals surface area contributed by atoms with E-state index in [1.165, 1.54) is 6.21 Å². The Labute approximate surface area is 142 Å². The van der Waals surface area contributed by atoms with Crippen molar-refractivity contribution in [3.63, 3.8) is 0 Å². The van der Waals surface area contributed by atoms with E-state index in [1.54, 1.807) is 48.5 Å². The summed E-state index contributed by atoms with van der Waals surface area (Å²) in [7, 11) is 0. The summed E-state index contributed by atoms with van der Waals surface area (Å²) < 4.78 is 6.20. The van der Waals surface area contributed by atoms with Crippen molar-refractivity contribution in [3.05, 3.63) is 70.7 Å². The average molecular weight is 375 g/mol. The number of rotatable bonds is 6. The molecule has 2 N–H and O–H groups in total. The van der Waals surface area contributed by atoms with Gasteiger partial charge >= 0.3 is 0 Å². The van der Waals surface area contributed by atoms with Crippen molar-refractivity contribution >= 4 is 28.1 Å². The zero-order valence-corrected chi connectivity index (χ0v) is 13.8. The van der Waals surface area contributed by atoms with Gasteiger partial charge in [0.05, 0.1) is 11.8 Å². The number of ether oxygens (including phenoxy) is 1. The van der Waals surface area contributed by atoms with E-state index < -0.39 is 5.91 Å². The molecule has 6 heteroatoms. The first kappa shape index (κ1) is 16.8. The van der Waals surface area contributed by atoms with E-state index in [9.17, 15) is 9.90 Å². The highest BCUT2D eigenvalue weighted by Crippen LogP contribution is 2.23. The van der Waals surface area contributed by atoms with Crippen LogP contribution in [-0.2, 0) is 0 Å². The fourth-order valence-corrected chi connectivity index (χ4v) is 2.13. The predicted octanol–water partition coefficient (Wildman–Crippen LogP) is 3.48. The van der Waals surface area contributed by atoms with Gasteiger partial charge in [0.15, 0.2) is 0 Å². The summed E-state index contributed by atoms with van der Waals surface area (Å²) in [6, 6.07) is 11.8. The molecular weight excluding hydrogens is 360 g/mol. The number of hydrazone groups is 1. The van der Waals surface area contributed by atoms with Crippen LogP contribution in [-0.4, -0.2) is 23.8 Å². The Morgan fingerprint density at radius 3 is 2.87 bits per heavy atom. The number of carbonyl (C=O) groups excluding carboxylic acids is 1. The normalized spacial score (nSPS) is 10.5. The van der Waals surface area contributed by atoms with Crippen LogP contribution in [0.4, 0.5) is 0 Å². The Bertz CT molecular complexity index is 744. The highest BCUT2D eigenvalue weighted by molar-refractivity contribution is 9.10. The summed E-state index contributed by atoms with van der Waals surface area (Å²) in [6.07, 6.45) is 2.97. The topological polar surface area (TPSA) is 70.9 Å². The molecule has 2 aromatic carbocycles. The Morgan fingerprint density at radius 1 is 1.35 bits per heavy atom. The lowest BCUT2D eigenvalue weighted by molar-refractivity contribution is 0.0951. The first-order chi connectivity index (χ1) is 11.1. The second kappa shape index (κ2) is 8.14. The quantitative estimate of drug-likeness (QED) is 0.461. The molecular formula is C17H15BrN2O3. The van der Waals surface area contributed by atoms with Gasteiger partial charge in [0.1, 0.15) is 18.1 Å². The molecule has 23 heavy (non-hydrogen) atoms. The van der Waals surface area contributed by atoms with Crippen LogP contribution in [0.25, 0.3) is 0 Å². The molecule has 2 rings (SSSR count). The predicted molar refractivity (Wildman–Crippen MR) is 93.0 cm³/mol. The smallest absolute Gasteiger partial charge is 0.275 e. The van der Waals surface area contributed by atoms with Gasteiger partial charge in [-0.25, -0.2) is 5.43 Å². The van der Waals surface area contributed by atoms with Crippen molar-refractivity contribution in [2.24, 2.45) is 5.10 Å². The van der Waals surface area contributed by atoms with E-state index in [1.807, 2.05) is 0 Å². The number of phenols is 1. The van der Waals surface area contributed by atoms with Gasteiger partial charge in [-0.3, -0.25) is 4.79 Å². The van der Waals surface area contributed by atoms with Crippen LogP contribution in [0.15, 0.2) is 64.7 Å². The summed E-state index contributed by atoms with van der Waals surface area (Å²) in [5.74, 6) is 0.100. The minimum atomic E-state index is -0.419. The SMILES string of the molecule is C=CCOc1ccc(Br)cc1C(=O)NN=Cc1ccccc1O. The lowest BCUT2D eigenvalue weighted by Gasteiger charge is -2.09. The molecule has 0 unspecified atom stereocenters. The van der Waals surface area contributed by atoms with Gasteiger partial charge in [-0.1, -0.05) is 40.7 Å². The Kier molecular flexibility index (Phi) is 5.94. The molecule has 0 saturated heterocycles. The van der Waals surface area contributed by atoms with Crippen molar-refractivity contribution in [1.82, 2.24) is 5.43 Å². The minimum absolute atomic E-state index is 0.0861. The number of aromatic hydroxyl groups is 1. The molecule has 0 radical (unpaired) electrons. The van der Waals surface area contributed by atoms with E-state index in [0.717, 1.165) is 4.47 Å². The standard InChI is InChI=1S/C17H15BrN2O3/c1-2-9-23-16-8-7-13(18)10-14(16)17(22)20-19-11-12-5-3-4-6-15(12)21/h2-8,10-11,21H,1,9H2,(H,20,22). The Balaban J connectivity index is 2.12. The van der Waals surface area contributed by atoms with Gasteiger partial charge in [-0.2, -0.15) is 5.10 Å². The maximum Gasteiger partial charge on any atom is 0.275 e. The van der Waals surface area contributed by atoms with Crippen molar-refractivity contribution < 1.29 is 14.6 Å². The molecule has 1 amide bonds. The van der Waals surface area contributed by atoms with E-state index in [2.05, 4.69) is 33.0 Å². The second-order valence-electron chi connectivity index (χ2n) is 4.50. The van der Waals surface area contributed by atoms with Crippen molar-refractivity contribution in [2.75, 3.05) is 6.61 Å². The zero-order valence-electron chi connectivity index (χ0n) is 12.2.